The van der Waals surface area contributed by atoms with Crippen LogP contribution in [0.4, 0.5) is 17.6 Å². The van der Waals surface area contributed by atoms with Gasteiger partial charge in [-0.2, -0.15) is 13.2 Å². The van der Waals surface area contributed by atoms with E-state index in [0.717, 1.165) is 32.0 Å². The fourth-order valence-corrected chi connectivity index (χ4v) is 2.62. The standard InChI is InChI=1S/C14H16ClF4N/c1-9-2-4-20(5-3-9)8-10-6-11(14(17,18)19)7-12(15)13(10)16/h6-7,9H,2-5,8H2,1H3. The zero-order valence-corrected chi connectivity index (χ0v) is 11.9. The minimum Gasteiger partial charge on any atom is -0.299 e. The monoisotopic (exact) mass is 309 g/mol. The third-order valence-corrected chi connectivity index (χ3v) is 3.98. The van der Waals surface area contributed by atoms with E-state index in [0.29, 0.717) is 12.0 Å². The Labute approximate surface area is 120 Å². The van der Waals surface area contributed by atoms with Gasteiger partial charge in [0.15, 0.2) is 0 Å². The van der Waals surface area contributed by atoms with E-state index in [-0.39, 0.29) is 12.1 Å². The highest BCUT2D eigenvalue weighted by Gasteiger charge is 2.32. The van der Waals surface area contributed by atoms with Gasteiger partial charge in [-0.3, -0.25) is 4.90 Å². The fourth-order valence-electron chi connectivity index (χ4n) is 2.39. The van der Waals surface area contributed by atoms with Crippen LogP contribution in [-0.4, -0.2) is 18.0 Å². The number of hydrogen-bond acceptors (Lipinski definition) is 1. The van der Waals surface area contributed by atoms with Crippen LogP contribution in [0.25, 0.3) is 0 Å². The van der Waals surface area contributed by atoms with Crippen molar-refractivity contribution in [1.82, 2.24) is 4.90 Å². The summed E-state index contributed by atoms with van der Waals surface area (Å²) in [5, 5.41) is -0.472. The molecule has 20 heavy (non-hydrogen) atoms. The van der Waals surface area contributed by atoms with Gasteiger partial charge in [-0.1, -0.05) is 18.5 Å². The Bertz CT molecular complexity index is 479. The van der Waals surface area contributed by atoms with Gasteiger partial charge in [-0.25, -0.2) is 4.39 Å². The van der Waals surface area contributed by atoms with Crippen molar-refractivity contribution in [1.29, 1.82) is 0 Å². The molecule has 0 unspecified atom stereocenters. The second-order valence-corrected chi connectivity index (χ2v) is 5.79. The Kier molecular flexibility index (Phi) is 4.59. The Hall–Kier alpha value is -0.810. The van der Waals surface area contributed by atoms with Crippen molar-refractivity contribution in [3.63, 3.8) is 0 Å². The minimum absolute atomic E-state index is 0.0133. The molecule has 1 aliphatic rings. The molecule has 1 aliphatic heterocycles. The number of piperidine rings is 1. The van der Waals surface area contributed by atoms with E-state index < -0.39 is 22.6 Å². The fraction of sp³-hybridized carbons (Fsp3) is 0.571. The van der Waals surface area contributed by atoms with Gasteiger partial charge in [0.05, 0.1) is 10.6 Å². The zero-order valence-electron chi connectivity index (χ0n) is 11.1. The zero-order chi connectivity index (χ0) is 14.9. The van der Waals surface area contributed by atoms with Gasteiger partial charge in [-0.05, 0) is 44.0 Å². The molecule has 1 aromatic carbocycles. The van der Waals surface area contributed by atoms with Crippen LogP contribution in [0, 0.1) is 11.7 Å². The molecule has 1 saturated heterocycles. The first-order chi connectivity index (χ1) is 9.27. The van der Waals surface area contributed by atoms with Crippen molar-refractivity contribution in [2.45, 2.75) is 32.5 Å². The topological polar surface area (TPSA) is 3.24 Å². The number of rotatable bonds is 2. The van der Waals surface area contributed by atoms with Gasteiger partial charge >= 0.3 is 6.18 Å². The van der Waals surface area contributed by atoms with E-state index in [1.165, 1.54) is 0 Å². The normalized spacial score (nSPS) is 18.5. The van der Waals surface area contributed by atoms with Crippen molar-refractivity contribution in [3.8, 4) is 0 Å². The summed E-state index contributed by atoms with van der Waals surface area (Å²) in [6.07, 6.45) is -2.55. The lowest BCUT2D eigenvalue weighted by Crippen LogP contribution is -2.32. The molecule has 0 amide bonds. The highest BCUT2D eigenvalue weighted by Crippen LogP contribution is 2.34. The summed E-state index contributed by atoms with van der Waals surface area (Å²) in [5.74, 6) is -0.139. The van der Waals surface area contributed by atoms with Crippen LogP contribution < -0.4 is 0 Å². The molecule has 0 radical (unpaired) electrons. The average molecular weight is 310 g/mol. The Morgan fingerprint density at radius 2 is 1.85 bits per heavy atom. The minimum atomic E-state index is -4.51. The molecule has 1 fully saturated rings. The maximum atomic E-state index is 13.9. The molecule has 1 heterocycles. The van der Waals surface area contributed by atoms with Gasteiger partial charge in [-0.15, -0.1) is 0 Å². The predicted octanol–water partition coefficient (Wildman–Crippen LogP) is 4.73. The second-order valence-electron chi connectivity index (χ2n) is 5.39. The van der Waals surface area contributed by atoms with Crippen LogP contribution in [0.2, 0.25) is 5.02 Å². The number of likely N-dealkylation sites (tertiary alicyclic amines) is 1. The second kappa shape index (κ2) is 5.90. The van der Waals surface area contributed by atoms with Crippen LogP contribution in [0.1, 0.15) is 30.9 Å². The summed E-state index contributed by atoms with van der Waals surface area (Å²) < 4.78 is 52.0. The van der Waals surface area contributed by atoms with E-state index in [4.69, 9.17) is 11.6 Å². The lowest BCUT2D eigenvalue weighted by molar-refractivity contribution is -0.137. The predicted molar refractivity (Wildman–Crippen MR) is 70.1 cm³/mol. The number of halogens is 5. The third kappa shape index (κ3) is 3.64. The maximum absolute atomic E-state index is 13.9. The van der Waals surface area contributed by atoms with E-state index in [9.17, 15) is 17.6 Å². The Morgan fingerprint density at radius 3 is 2.40 bits per heavy atom. The highest BCUT2D eigenvalue weighted by atomic mass is 35.5. The summed E-state index contributed by atoms with van der Waals surface area (Å²) in [4.78, 5) is 1.97. The molecule has 0 N–H and O–H groups in total. The van der Waals surface area contributed by atoms with Crippen molar-refractivity contribution in [2.24, 2.45) is 5.92 Å². The smallest absolute Gasteiger partial charge is 0.299 e. The van der Waals surface area contributed by atoms with E-state index >= 15 is 0 Å². The molecule has 1 nitrogen and oxygen atoms in total. The molecular formula is C14H16ClF4N. The molecule has 0 aliphatic carbocycles. The summed E-state index contributed by atoms with van der Waals surface area (Å²) in [6.45, 7) is 3.85. The molecule has 2 rings (SSSR count). The van der Waals surface area contributed by atoms with Gasteiger partial charge < -0.3 is 0 Å². The van der Waals surface area contributed by atoms with Crippen molar-refractivity contribution < 1.29 is 17.6 Å². The van der Waals surface area contributed by atoms with E-state index in [1.54, 1.807) is 0 Å². The van der Waals surface area contributed by atoms with Crippen molar-refractivity contribution in [2.75, 3.05) is 13.1 Å². The number of benzene rings is 1. The van der Waals surface area contributed by atoms with Crippen LogP contribution in [-0.2, 0) is 12.7 Å². The molecular weight excluding hydrogens is 294 g/mol. The van der Waals surface area contributed by atoms with Crippen LogP contribution >= 0.6 is 11.6 Å². The first kappa shape index (κ1) is 15.6. The van der Waals surface area contributed by atoms with Crippen molar-refractivity contribution in [3.05, 3.63) is 34.1 Å². The number of alkyl halides is 3. The van der Waals surface area contributed by atoms with Gasteiger partial charge in [0, 0.05) is 12.1 Å². The molecule has 0 saturated carbocycles. The first-order valence-corrected chi connectivity index (χ1v) is 6.92. The lowest BCUT2D eigenvalue weighted by atomic mass is 9.98. The quantitative estimate of drug-likeness (QED) is 0.714. The largest absolute Gasteiger partial charge is 0.416 e. The average Bonchev–Trinajstić information content (AvgIpc) is 2.36. The highest BCUT2D eigenvalue weighted by molar-refractivity contribution is 6.30. The molecule has 0 bridgehead atoms. The van der Waals surface area contributed by atoms with Gasteiger partial charge in [0.25, 0.3) is 0 Å². The van der Waals surface area contributed by atoms with Crippen LogP contribution in [0.5, 0.6) is 0 Å². The number of hydrogen-bond donors (Lipinski definition) is 0. The third-order valence-electron chi connectivity index (χ3n) is 3.70. The lowest BCUT2D eigenvalue weighted by Gasteiger charge is -2.30. The van der Waals surface area contributed by atoms with Gasteiger partial charge in [0.1, 0.15) is 5.82 Å². The maximum Gasteiger partial charge on any atom is 0.416 e. The molecule has 112 valence electrons. The molecule has 0 atom stereocenters. The van der Waals surface area contributed by atoms with E-state index in [1.807, 2.05) is 4.90 Å². The summed E-state index contributed by atoms with van der Waals surface area (Å²) >= 11 is 5.57. The van der Waals surface area contributed by atoms with E-state index in [2.05, 4.69) is 6.92 Å². The SMILES string of the molecule is CC1CCN(Cc2cc(C(F)(F)F)cc(Cl)c2F)CC1. The van der Waals surface area contributed by atoms with Crippen LogP contribution in [0.3, 0.4) is 0 Å². The molecule has 1 aromatic rings. The summed E-state index contributed by atoms with van der Waals surface area (Å²) in [6, 6.07) is 1.50. The molecule has 0 aromatic heterocycles. The first-order valence-electron chi connectivity index (χ1n) is 6.55. The van der Waals surface area contributed by atoms with Crippen LogP contribution in [0.15, 0.2) is 12.1 Å². The van der Waals surface area contributed by atoms with Gasteiger partial charge in [0.2, 0.25) is 0 Å². The summed E-state index contributed by atoms with van der Waals surface area (Å²) in [5.41, 5.74) is -0.886. The molecule has 0 spiro atoms. The summed E-state index contributed by atoms with van der Waals surface area (Å²) in [7, 11) is 0. The molecule has 6 heteroatoms. The number of nitrogens with zero attached hydrogens (tertiary/aromatic N) is 1. The van der Waals surface area contributed by atoms with Crippen molar-refractivity contribution >= 4 is 11.6 Å². The Morgan fingerprint density at radius 1 is 1.25 bits per heavy atom. The Balaban J connectivity index is 2.20.